The summed E-state index contributed by atoms with van der Waals surface area (Å²) in [5.74, 6) is -0.225. The van der Waals surface area contributed by atoms with Crippen LogP contribution in [-0.4, -0.2) is 10.5 Å². The second-order valence-electron chi connectivity index (χ2n) is 4.19. The van der Waals surface area contributed by atoms with Crippen molar-refractivity contribution in [1.29, 1.82) is 0 Å². The summed E-state index contributed by atoms with van der Waals surface area (Å²) in [7, 11) is 0. The second-order valence-corrected chi connectivity index (χ2v) is 4.19. The van der Waals surface area contributed by atoms with Gasteiger partial charge in [-0.1, -0.05) is 30.3 Å². The maximum atomic E-state index is 11.7. The van der Waals surface area contributed by atoms with E-state index in [0.717, 1.165) is 5.56 Å². The number of nitrogens with two attached hydrogens (primary N) is 1. The number of nitrogen functional groups attached to an aromatic ring is 1. The van der Waals surface area contributed by atoms with Crippen molar-refractivity contribution in [3.63, 3.8) is 0 Å². The Balaban J connectivity index is 1.95. The van der Waals surface area contributed by atoms with Gasteiger partial charge in [-0.15, -0.1) is 0 Å². The minimum Gasteiger partial charge on any atom is -0.398 e. The summed E-state index contributed by atoms with van der Waals surface area (Å²) in [5, 5.41) is 2.75. The van der Waals surface area contributed by atoms with E-state index in [1.54, 1.807) is 0 Å². The van der Waals surface area contributed by atoms with Gasteiger partial charge in [0.1, 0.15) is 6.54 Å². The minimum absolute atomic E-state index is 0.0310. The molecule has 0 aliphatic rings. The zero-order valence-corrected chi connectivity index (χ0v) is 10.4. The summed E-state index contributed by atoms with van der Waals surface area (Å²) in [5.41, 5.74) is 6.79. The predicted octanol–water partition coefficient (Wildman–Crippen LogP) is 0.747. The van der Waals surface area contributed by atoms with Crippen molar-refractivity contribution in [2.75, 3.05) is 5.73 Å². The smallest absolute Gasteiger partial charge is 0.251 e. The molecular formula is C14H15N3O2. The quantitative estimate of drug-likeness (QED) is 0.848. The van der Waals surface area contributed by atoms with Gasteiger partial charge < -0.3 is 15.6 Å². The van der Waals surface area contributed by atoms with E-state index in [9.17, 15) is 9.59 Å². The fourth-order valence-electron chi connectivity index (χ4n) is 1.68. The molecule has 1 aromatic heterocycles. The van der Waals surface area contributed by atoms with Crippen molar-refractivity contribution in [2.24, 2.45) is 0 Å². The van der Waals surface area contributed by atoms with E-state index in [2.05, 4.69) is 5.32 Å². The zero-order chi connectivity index (χ0) is 13.7. The van der Waals surface area contributed by atoms with Gasteiger partial charge in [-0.25, -0.2) is 0 Å². The summed E-state index contributed by atoms with van der Waals surface area (Å²) >= 11 is 0. The normalized spacial score (nSPS) is 10.1. The third-order valence-electron chi connectivity index (χ3n) is 2.65. The number of hydrogen-bond donors (Lipinski definition) is 2. The van der Waals surface area contributed by atoms with Crippen LogP contribution in [0, 0.1) is 0 Å². The Morgan fingerprint density at radius 3 is 2.63 bits per heavy atom. The molecule has 0 saturated carbocycles. The maximum absolute atomic E-state index is 11.7. The molecule has 0 fully saturated rings. The number of anilines is 1. The van der Waals surface area contributed by atoms with Gasteiger partial charge in [-0.05, 0) is 11.6 Å². The molecule has 0 atom stereocenters. The van der Waals surface area contributed by atoms with Crippen LogP contribution in [0.3, 0.4) is 0 Å². The monoisotopic (exact) mass is 257 g/mol. The van der Waals surface area contributed by atoms with E-state index in [1.165, 1.54) is 22.9 Å². The molecule has 19 heavy (non-hydrogen) atoms. The van der Waals surface area contributed by atoms with Crippen molar-refractivity contribution in [1.82, 2.24) is 9.88 Å². The third-order valence-corrected chi connectivity index (χ3v) is 2.65. The molecule has 5 heteroatoms. The van der Waals surface area contributed by atoms with Crippen LogP contribution >= 0.6 is 0 Å². The minimum atomic E-state index is -0.246. The number of benzene rings is 1. The van der Waals surface area contributed by atoms with Crippen molar-refractivity contribution in [2.45, 2.75) is 13.1 Å². The number of hydrogen-bond acceptors (Lipinski definition) is 3. The van der Waals surface area contributed by atoms with Gasteiger partial charge in [0.25, 0.3) is 5.56 Å². The molecule has 0 bridgehead atoms. The molecule has 2 aromatic rings. The van der Waals surface area contributed by atoms with E-state index in [1.807, 2.05) is 30.3 Å². The van der Waals surface area contributed by atoms with E-state index in [-0.39, 0.29) is 18.0 Å². The number of nitrogens with zero attached hydrogens (tertiary/aromatic N) is 1. The molecule has 2 rings (SSSR count). The summed E-state index contributed by atoms with van der Waals surface area (Å²) in [6.45, 7) is 0.410. The van der Waals surface area contributed by atoms with E-state index >= 15 is 0 Å². The highest BCUT2D eigenvalue weighted by molar-refractivity contribution is 5.75. The lowest BCUT2D eigenvalue weighted by Crippen LogP contribution is -2.31. The van der Waals surface area contributed by atoms with E-state index < -0.39 is 0 Å². The SMILES string of the molecule is Nc1ccc(=O)n(CC(=O)NCc2ccccc2)c1. The highest BCUT2D eigenvalue weighted by atomic mass is 16.2. The number of carbonyl (C=O) groups excluding carboxylic acids is 1. The first-order chi connectivity index (χ1) is 9.15. The lowest BCUT2D eigenvalue weighted by molar-refractivity contribution is -0.121. The predicted molar refractivity (Wildman–Crippen MR) is 73.4 cm³/mol. The van der Waals surface area contributed by atoms with Crippen molar-refractivity contribution in [3.05, 3.63) is 64.6 Å². The Kier molecular flexibility index (Phi) is 3.97. The second kappa shape index (κ2) is 5.86. The maximum Gasteiger partial charge on any atom is 0.251 e. The Morgan fingerprint density at radius 1 is 1.16 bits per heavy atom. The first-order valence-corrected chi connectivity index (χ1v) is 5.92. The Labute approximate surface area is 110 Å². The summed E-state index contributed by atoms with van der Waals surface area (Å²) in [6, 6.07) is 12.4. The van der Waals surface area contributed by atoms with Crippen molar-refractivity contribution in [3.8, 4) is 0 Å². The molecule has 0 radical (unpaired) electrons. The molecule has 0 unspecified atom stereocenters. The van der Waals surface area contributed by atoms with Gasteiger partial charge in [0.05, 0.1) is 0 Å². The lowest BCUT2D eigenvalue weighted by Gasteiger charge is -2.08. The Bertz CT molecular complexity index is 620. The average Bonchev–Trinajstić information content (AvgIpc) is 2.42. The number of rotatable bonds is 4. The molecule has 0 saturated heterocycles. The van der Waals surface area contributed by atoms with Crippen LogP contribution in [0.5, 0.6) is 0 Å². The molecule has 3 N–H and O–H groups in total. The number of carbonyl (C=O) groups is 1. The molecule has 1 heterocycles. The molecule has 0 aliphatic carbocycles. The zero-order valence-electron chi connectivity index (χ0n) is 10.4. The van der Waals surface area contributed by atoms with Crippen LogP contribution in [0.15, 0.2) is 53.5 Å². The fourth-order valence-corrected chi connectivity index (χ4v) is 1.68. The number of amides is 1. The fraction of sp³-hybridized carbons (Fsp3) is 0.143. The lowest BCUT2D eigenvalue weighted by atomic mass is 10.2. The average molecular weight is 257 g/mol. The van der Waals surface area contributed by atoms with Gasteiger partial charge in [0.15, 0.2) is 0 Å². The summed E-state index contributed by atoms with van der Waals surface area (Å²) in [4.78, 5) is 23.2. The van der Waals surface area contributed by atoms with Gasteiger partial charge in [0, 0.05) is 24.5 Å². The Morgan fingerprint density at radius 2 is 1.89 bits per heavy atom. The van der Waals surface area contributed by atoms with Crippen LogP contribution in [0.25, 0.3) is 0 Å². The first-order valence-electron chi connectivity index (χ1n) is 5.92. The highest BCUT2D eigenvalue weighted by Gasteiger charge is 2.04. The van der Waals surface area contributed by atoms with Crippen LogP contribution in [0.4, 0.5) is 5.69 Å². The number of aromatic nitrogens is 1. The molecule has 98 valence electrons. The summed E-state index contributed by atoms with van der Waals surface area (Å²) in [6.07, 6.45) is 1.46. The number of nitrogens with one attached hydrogen (secondary N) is 1. The van der Waals surface area contributed by atoms with Crippen molar-refractivity contribution >= 4 is 11.6 Å². The molecule has 5 nitrogen and oxygen atoms in total. The van der Waals surface area contributed by atoms with Crippen LogP contribution in [0.1, 0.15) is 5.56 Å². The number of pyridine rings is 1. The van der Waals surface area contributed by atoms with Crippen LogP contribution < -0.4 is 16.6 Å². The van der Waals surface area contributed by atoms with E-state index in [0.29, 0.717) is 12.2 Å². The topological polar surface area (TPSA) is 77.1 Å². The van der Waals surface area contributed by atoms with Gasteiger partial charge in [-0.3, -0.25) is 9.59 Å². The van der Waals surface area contributed by atoms with Crippen LogP contribution in [0.2, 0.25) is 0 Å². The Hall–Kier alpha value is -2.56. The molecule has 1 amide bonds. The molecular weight excluding hydrogens is 242 g/mol. The first kappa shape index (κ1) is 12.9. The van der Waals surface area contributed by atoms with Gasteiger partial charge in [0.2, 0.25) is 5.91 Å². The van der Waals surface area contributed by atoms with Gasteiger partial charge in [-0.2, -0.15) is 0 Å². The van der Waals surface area contributed by atoms with E-state index in [4.69, 9.17) is 5.73 Å². The summed E-state index contributed by atoms with van der Waals surface area (Å²) < 4.78 is 1.29. The molecule has 0 spiro atoms. The molecule has 0 aliphatic heterocycles. The largest absolute Gasteiger partial charge is 0.398 e. The van der Waals surface area contributed by atoms with Gasteiger partial charge >= 0.3 is 0 Å². The third kappa shape index (κ3) is 3.70. The van der Waals surface area contributed by atoms with Crippen LogP contribution in [-0.2, 0) is 17.9 Å². The highest BCUT2D eigenvalue weighted by Crippen LogP contribution is 1.98. The molecule has 1 aromatic carbocycles. The standard InChI is InChI=1S/C14H15N3O2/c15-12-6-7-14(19)17(9-12)10-13(18)16-8-11-4-2-1-3-5-11/h1-7,9H,8,10,15H2,(H,16,18). The van der Waals surface area contributed by atoms with Crippen molar-refractivity contribution < 1.29 is 4.79 Å².